The first-order valence-corrected chi connectivity index (χ1v) is 7.65. The van der Waals surface area contributed by atoms with Crippen molar-refractivity contribution in [3.05, 3.63) is 52.1 Å². The molecule has 0 spiro atoms. The second-order valence-electron chi connectivity index (χ2n) is 6.58. The minimum atomic E-state index is 0.434. The number of fused-ring (bicyclic) bond motifs is 7. The molecule has 4 aliphatic rings. The van der Waals surface area contributed by atoms with Crippen LogP contribution in [0.3, 0.4) is 0 Å². The molecule has 0 saturated heterocycles. The minimum Gasteiger partial charge on any atom is -0.327 e. The normalized spacial score (nSPS) is 33.6. The van der Waals surface area contributed by atoms with Crippen molar-refractivity contribution in [2.75, 3.05) is 0 Å². The Morgan fingerprint density at radius 1 is 1.11 bits per heavy atom. The SMILES string of the molecule is NC1CC2c3c(ccc4c3CCC3=C4C=CCC3)C12. The lowest BCUT2D eigenvalue weighted by atomic mass is 9.51. The number of benzene rings is 1. The Morgan fingerprint density at radius 3 is 2.95 bits per heavy atom. The lowest BCUT2D eigenvalue weighted by molar-refractivity contribution is 0.240. The molecule has 1 aromatic carbocycles. The Kier molecular flexibility index (Phi) is 1.87. The Morgan fingerprint density at radius 2 is 2.05 bits per heavy atom. The lowest BCUT2D eigenvalue weighted by Gasteiger charge is -2.54. The molecule has 0 aromatic heterocycles. The van der Waals surface area contributed by atoms with E-state index < -0.39 is 0 Å². The van der Waals surface area contributed by atoms with Crippen molar-refractivity contribution in [1.29, 1.82) is 0 Å². The number of rotatable bonds is 0. The molecule has 0 aliphatic heterocycles. The summed E-state index contributed by atoms with van der Waals surface area (Å²) in [5, 5.41) is 0. The largest absolute Gasteiger partial charge is 0.327 e. The van der Waals surface area contributed by atoms with Crippen LogP contribution in [0.1, 0.15) is 59.8 Å². The summed E-state index contributed by atoms with van der Waals surface area (Å²) < 4.78 is 0. The van der Waals surface area contributed by atoms with Gasteiger partial charge >= 0.3 is 0 Å². The van der Waals surface area contributed by atoms with Crippen molar-refractivity contribution in [2.24, 2.45) is 5.73 Å². The van der Waals surface area contributed by atoms with Gasteiger partial charge in [-0.3, -0.25) is 0 Å². The Hall–Kier alpha value is -1.34. The summed E-state index contributed by atoms with van der Waals surface area (Å²) >= 11 is 0. The molecule has 0 radical (unpaired) electrons. The van der Waals surface area contributed by atoms with Gasteiger partial charge in [-0.1, -0.05) is 29.9 Å². The lowest BCUT2D eigenvalue weighted by Crippen LogP contribution is -2.51. The third kappa shape index (κ3) is 1.16. The summed E-state index contributed by atoms with van der Waals surface area (Å²) in [7, 11) is 0. The van der Waals surface area contributed by atoms with Crippen LogP contribution in [0.15, 0.2) is 29.9 Å². The van der Waals surface area contributed by atoms with Crippen LogP contribution in [-0.2, 0) is 6.42 Å². The summed E-state index contributed by atoms with van der Waals surface area (Å²) in [5.41, 5.74) is 15.8. The van der Waals surface area contributed by atoms with E-state index in [0.717, 1.165) is 5.92 Å². The molecule has 96 valence electrons. The third-order valence-electron chi connectivity index (χ3n) is 5.79. The zero-order chi connectivity index (χ0) is 12.6. The van der Waals surface area contributed by atoms with Crippen LogP contribution < -0.4 is 5.73 Å². The maximum absolute atomic E-state index is 6.14. The Bertz CT molecular complexity index is 650. The van der Waals surface area contributed by atoms with Crippen molar-refractivity contribution in [3.63, 3.8) is 0 Å². The van der Waals surface area contributed by atoms with Gasteiger partial charge in [-0.15, -0.1) is 0 Å². The van der Waals surface area contributed by atoms with E-state index in [1.807, 2.05) is 0 Å². The molecule has 0 heterocycles. The molecule has 2 N–H and O–H groups in total. The van der Waals surface area contributed by atoms with E-state index in [-0.39, 0.29) is 0 Å². The van der Waals surface area contributed by atoms with Crippen LogP contribution in [0.4, 0.5) is 0 Å². The van der Waals surface area contributed by atoms with Crippen molar-refractivity contribution < 1.29 is 0 Å². The predicted molar refractivity (Wildman–Crippen MR) is 78.1 cm³/mol. The third-order valence-corrected chi connectivity index (χ3v) is 5.79. The molecule has 0 bridgehead atoms. The van der Waals surface area contributed by atoms with E-state index in [2.05, 4.69) is 24.3 Å². The number of hydrogen-bond acceptors (Lipinski definition) is 1. The summed E-state index contributed by atoms with van der Waals surface area (Å²) in [6.07, 6.45) is 11.0. The molecule has 1 saturated carbocycles. The highest BCUT2D eigenvalue weighted by atomic mass is 14.8. The van der Waals surface area contributed by atoms with E-state index in [0.29, 0.717) is 12.0 Å². The highest BCUT2D eigenvalue weighted by Gasteiger charge is 2.51. The fourth-order valence-electron chi connectivity index (χ4n) is 4.80. The highest BCUT2D eigenvalue weighted by molar-refractivity contribution is 5.83. The summed E-state index contributed by atoms with van der Waals surface area (Å²) in [6.45, 7) is 0. The second-order valence-corrected chi connectivity index (χ2v) is 6.58. The van der Waals surface area contributed by atoms with Crippen LogP contribution in [0.5, 0.6) is 0 Å². The molecule has 19 heavy (non-hydrogen) atoms. The quantitative estimate of drug-likeness (QED) is 0.746. The molecule has 3 unspecified atom stereocenters. The molecule has 1 aromatic rings. The first kappa shape index (κ1) is 10.4. The molecule has 5 rings (SSSR count). The second kappa shape index (κ2) is 3.40. The minimum absolute atomic E-state index is 0.434. The van der Waals surface area contributed by atoms with Crippen molar-refractivity contribution in [1.82, 2.24) is 0 Å². The molecule has 1 nitrogen and oxygen atoms in total. The summed E-state index contributed by atoms with van der Waals surface area (Å²) in [4.78, 5) is 0. The van der Waals surface area contributed by atoms with Gasteiger partial charge in [-0.05, 0) is 65.8 Å². The maximum Gasteiger partial charge on any atom is 0.0120 e. The molecule has 4 aliphatic carbocycles. The molecular weight excluding hydrogens is 230 g/mol. The summed E-state index contributed by atoms with van der Waals surface area (Å²) in [6, 6.07) is 5.18. The molecule has 0 amide bonds. The monoisotopic (exact) mass is 249 g/mol. The number of allylic oxidation sites excluding steroid dienone is 4. The molecule has 1 fully saturated rings. The van der Waals surface area contributed by atoms with Gasteiger partial charge in [0.25, 0.3) is 0 Å². The highest BCUT2D eigenvalue weighted by Crippen LogP contribution is 2.61. The van der Waals surface area contributed by atoms with Gasteiger partial charge in [0.15, 0.2) is 0 Å². The Labute approximate surface area is 114 Å². The molecule has 3 atom stereocenters. The van der Waals surface area contributed by atoms with Crippen LogP contribution in [-0.4, -0.2) is 6.04 Å². The van der Waals surface area contributed by atoms with E-state index in [9.17, 15) is 0 Å². The smallest absolute Gasteiger partial charge is 0.0120 e. The van der Waals surface area contributed by atoms with Crippen LogP contribution in [0.2, 0.25) is 0 Å². The number of hydrogen-bond donors (Lipinski definition) is 1. The van der Waals surface area contributed by atoms with Gasteiger partial charge in [0, 0.05) is 12.0 Å². The zero-order valence-corrected chi connectivity index (χ0v) is 11.2. The average molecular weight is 249 g/mol. The number of nitrogens with two attached hydrogens (primary N) is 1. The van der Waals surface area contributed by atoms with Crippen molar-refractivity contribution in [2.45, 2.75) is 50.0 Å². The van der Waals surface area contributed by atoms with E-state index in [1.54, 1.807) is 27.8 Å². The first-order chi connectivity index (χ1) is 9.34. The maximum atomic E-state index is 6.14. The fraction of sp³-hybridized carbons (Fsp3) is 0.444. The van der Waals surface area contributed by atoms with Crippen LogP contribution in [0, 0.1) is 0 Å². The summed E-state index contributed by atoms with van der Waals surface area (Å²) in [5.74, 6) is 1.49. The van der Waals surface area contributed by atoms with E-state index >= 15 is 0 Å². The van der Waals surface area contributed by atoms with Crippen LogP contribution >= 0.6 is 0 Å². The van der Waals surface area contributed by atoms with Gasteiger partial charge < -0.3 is 5.73 Å². The van der Waals surface area contributed by atoms with Crippen molar-refractivity contribution >= 4 is 5.57 Å². The standard InChI is InChI=1S/C18H19N/c19-16-9-15-17-13-6-5-10-3-1-2-4-11(10)12(13)7-8-14(17)18(15)16/h2,4,7-8,15-16,18H,1,3,5-6,9,19H2. The van der Waals surface area contributed by atoms with Crippen molar-refractivity contribution in [3.8, 4) is 0 Å². The Balaban J connectivity index is 1.69. The van der Waals surface area contributed by atoms with Gasteiger partial charge in [-0.2, -0.15) is 0 Å². The fourth-order valence-corrected chi connectivity index (χ4v) is 4.80. The zero-order valence-electron chi connectivity index (χ0n) is 11.2. The van der Waals surface area contributed by atoms with Gasteiger partial charge in [0.05, 0.1) is 0 Å². The van der Waals surface area contributed by atoms with Gasteiger partial charge in [0.1, 0.15) is 0 Å². The van der Waals surface area contributed by atoms with E-state index in [1.165, 1.54) is 37.7 Å². The first-order valence-electron chi connectivity index (χ1n) is 7.65. The molecule has 1 heteroatoms. The van der Waals surface area contributed by atoms with Gasteiger partial charge in [0.2, 0.25) is 0 Å². The average Bonchev–Trinajstić information content (AvgIpc) is 2.43. The molecular formula is C18H19N. The van der Waals surface area contributed by atoms with E-state index in [4.69, 9.17) is 5.73 Å². The predicted octanol–water partition coefficient (Wildman–Crippen LogP) is 3.65. The van der Waals surface area contributed by atoms with Gasteiger partial charge in [-0.25, -0.2) is 0 Å². The topological polar surface area (TPSA) is 26.0 Å². The van der Waals surface area contributed by atoms with Crippen LogP contribution in [0.25, 0.3) is 5.57 Å².